The third-order valence-electron chi connectivity index (χ3n) is 1.96. The van der Waals surface area contributed by atoms with Crippen LogP contribution in [-0.4, -0.2) is 26.0 Å². The Kier molecular flexibility index (Phi) is 3.05. The standard InChI is InChI=1S/C10H12ClN5/c1-7(2)14-8-5-10(11)12-6-9(8)16-4-3-13-15-16/h3-7H,1-2H3,(H,12,14). The van der Waals surface area contributed by atoms with Crippen molar-refractivity contribution in [1.29, 1.82) is 0 Å². The number of halogens is 1. The Hall–Kier alpha value is -1.62. The zero-order valence-corrected chi connectivity index (χ0v) is 9.81. The van der Waals surface area contributed by atoms with Gasteiger partial charge in [0.1, 0.15) is 10.8 Å². The molecular weight excluding hydrogens is 226 g/mol. The van der Waals surface area contributed by atoms with Gasteiger partial charge >= 0.3 is 0 Å². The molecule has 0 bridgehead atoms. The number of anilines is 1. The van der Waals surface area contributed by atoms with Crippen molar-refractivity contribution in [3.8, 4) is 5.69 Å². The molecule has 16 heavy (non-hydrogen) atoms. The first kappa shape index (κ1) is 10.9. The van der Waals surface area contributed by atoms with Gasteiger partial charge in [0.05, 0.1) is 24.3 Å². The van der Waals surface area contributed by atoms with E-state index >= 15 is 0 Å². The van der Waals surface area contributed by atoms with Crippen LogP contribution in [0.3, 0.4) is 0 Å². The molecule has 0 aliphatic heterocycles. The van der Waals surface area contributed by atoms with Crippen molar-refractivity contribution in [2.75, 3.05) is 5.32 Å². The molecule has 0 amide bonds. The van der Waals surface area contributed by atoms with Gasteiger partial charge in [-0.2, -0.15) is 0 Å². The first-order valence-corrected chi connectivity index (χ1v) is 5.33. The molecule has 0 fully saturated rings. The molecule has 0 aliphatic carbocycles. The molecule has 0 atom stereocenters. The number of aromatic nitrogens is 4. The summed E-state index contributed by atoms with van der Waals surface area (Å²) >= 11 is 5.87. The Morgan fingerprint density at radius 1 is 1.44 bits per heavy atom. The van der Waals surface area contributed by atoms with Gasteiger partial charge in [0.15, 0.2) is 0 Å². The second-order valence-corrected chi connectivity index (χ2v) is 4.06. The molecular formula is C10H12ClN5. The van der Waals surface area contributed by atoms with Crippen molar-refractivity contribution in [3.05, 3.63) is 29.8 Å². The van der Waals surface area contributed by atoms with Crippen molar-refractivity contribution in [2.45, 2.75) is 19.9 Å². The summed E-state index contributed by atoms with van der Waals surface area (Å²) in [5.74, 6) is 0. The zero-order chi connectivity index (χ0) is 11.5. The monoisotopic (exact) mass is 237 g/mol. The second kappa shape index (κ2) is 4.49. The zero-order valence-electron chi connectivity index (χ0n) is 9.05. The van der Waals surface area contributed by atoms with Crippen molar-refractivity contribution in [1.82, 2.24) is 20.0 Å². The lowest BCUT2D eigenvalue weighted by molar-refractivity contribution is 0.795. The van der Waals surface area contributed by atoms with Crippen LogP contribution < -0.4 is 5.32 Å². The van der Waals surface area contributed by atoms with Crippen LogP contribution in [0.5, 0.6) is 0 Å². The number of hydrogen-bond donors (Lipinski definition) is 1. The molecule has 1 N–H and O–H groups in total. The maximum Gasteiger partial charge on any atom is 0.131 e. The van der Waals surface area contributed by atoms with Gasteiger partial charge in [-0.15, -0.1) is 5.10 Å². The first-order chi connectivity index (χ1) is 7.66. The summed E-state index contributed by atoms with van der Waals surface area (Å²) in [6.07, 6.45) is 5.05. The van der Waals surface area contributed by atoms with Gasteiger partial charge in [-0.3, -0.25) is 0 Å². The fourth-order valence-electron chi connectivity index (χ4n) is 1.37. The fourth-order valence-corrected chi connectivity index (χ4v) is 1.53. The van der Waals surface area contributed by atoms with E-state index < -0.39 is 0 Å². The summed E-state index contributed by atoms with van der Waals surface area (Å²) in [6.45, 7) is 4.11. The average molecular weight is 238 g/mol. The number of rotatable bonds is 3. The molecule has 2 aromatic heterocycles. The molecule has 0 saturated carbocycles. The molecule has 2 rings (SSSR count). The summed E-state index contributed by atoms with van der Waals surface area (Å²) in [5, 5.41) is 11.4. The van der Waals surface area contributed by atoms with E-state index in [2.05, 4.69) is 34.5 Å². The van der Waals surface area contributed by atoms with Crippen LogP contribution in [-0.2, 0) is 0 Å². The SMILES string of the molecule is CC(C)Nc1cc(Cl)ncc1-n1ccnn1. The first-order valence-electron chi connectivity index (χ1n) is 4.95. The normalized spacial score (nSPS) is 10.8. The summed E-state index contributed by atoms with van der Waals surface area (Å²) in [6, 6.07) is 2.08. The average Bonchev–Trinajstić information content (AvgIpc) is 2.69. The van der Waals surface area contributed by atoms with Gasteiger partial charge in [0, 0.05) is 12.1 Å². The highest BCUT2D eigenvalue weighted by Crippen LogP contribution is 2.22. The minimum absolute atomic E-state index is 0.306. The Labute approximate surface area is 98.5 Å². The molecule has 2 heterocycles. The van der Waals surface area contributed by atoms with E-state index in [1.54, 1.807) is 29.3 Å². The van der Waals surface area contributed by atoms with Gasteiger partial charge in [0.25, 0.3) is 0 Å². The molecule has 0 aliphatic rings. The van der Waals surface area contributed by atoms with E-state index in [4.69, 9.17) is 11.6 Å². The van der Waals surface area contributed by atoms with Gasteiger partial charge in [-0.1, -0.05) is 16.8 Å². The lowest BCUT2D eigenvalue weighted by Gasteiger charge is -2.14. The minimum Gasteiger partial charge on any atom is -0.381 e. The van der Waals surface area contributed by atoms with E-state index in [9.17, 15) is 0 Å². The predicted octanol–water partition coefficient (Wildman–Crippen LogP) is 2.14. The van der Waals surface area contributed by atoms with Crippen LogP contribution in [0.1, 0.15) is 13.8 Å². The van der Waals surface area contributed by atoms with E-state index in [1.165, 1.54) is 0 Å². The molecule has 5 nitrogen and oxygen atoms in total. The lowest BCUT2D eigenvalue weighted by atomic mass is 10.3. The Bertz CT molecular complexity index is 466. The van der Waals surface area contributed by atoms with Crippen molar-refractivity contribution < 1.29 is 0 Å². The Balaban J connectivity index is 2.44. The largest absolute Gasteiger partial charge is 0.381 e. The van der Waals surface area contributed by atoms with E-state index in [-0.39, 0.29) is 0 Å². The maximum absolute atomic E-state index is 5.87. The summed E-state index contributed by atoms with van der Waals surface area (Å²) in [7, 11) is 0. The fraction of sp³-hybridized carbons (Fsp3) is 0.300. The number of nitrogens with zero attached hydrogens (tertiary/aromatic N) is 4. The highest BCUT2D eigenvalue weighted by atomic mass is 35.5. The molecule has 0 radical (unpaired) electrons. The summed E-state index contributed by atoms with van der Waals surface area (Å²) in [5.41, 5.74) is 1.72. The van der Waals surface area contributed by atoms with Gasteiger partial charge in [-0.25, -0.2) is 9.67 Å². The van der Waals surface area contributed by atoms with Crippen molar-refractivity contribution in [2.24, 2.45) is 0 Å². The van der Waals surface area contributed by atoms with Gasteiger partial charge in [-0.05, 0) is 13.8 Å². The Morgan fingerprint density at radius 2 is 2.25 bits per heavy atom. The number of hydrogen-bond acceptors (Lipinski definition) is 4. The molecule has 0 unspecified atom stereocenters. The van der Waals surface area contributed by atoms with E-state index in [0.29, 0.717) is 11.2 Å². The highest BCUT2D eigenvalue weighted by Gasteiger charge is 2.08. The summed E-state index contributed by atoms with van der Waals surface area (Å²) in [4.78, 5) is 4.04. The molecule has 6 heteroatoms. The predicted molar refractivity (Wildman–Crippen MR) is 62.9 cm³/mol. The second-order valence-electron chi connectivity index (χ2n) is 3.67. The number of pyridine rings is 1. The smallest absolute Gasteiger partial charge is 0.131 e. The van der Waals surface area contributed by atoms with Gasteiger partial charge in [0.2, 0.25) is 0 Å². The highest BCUT2D eigenvalue weighted by molar-refractivity contribution is 6.29. The van der Waals surface area contributed by atoms with Crippen molar-refractivity contribution in [3.63, 3.8) is 0 Å². The van der Waals surface area contributed by atoms with Gasteiger partial charge < -0.3 is 5.32 Å². The van der Waals surface area contributed by atoms with Crippen LogP contribution in [0.25, 0.3) is 5.69 Å². The molecule has 0 saturated heterocycles. The molecule has 84 valence electrons. The number of nitrogens with one attached hydrogen (secondary N) is 1. The Morgan fingerprint density at radius 3 is 2.88 bits per heavy atom. The van der Waals surface area contributed by atoms with E-state index in [1.807, 2.05) is 0 Å². The molecule has 0 spiro atoms. The third-order valence-corrected chi connectivity index (χ3v) is 2.17. The maximum atomic E-state index is 5.87. The minimum atomic E-state index is 0.306. The van der Waals surface area contributed by atoms with Crippen LogP contribution in [0.15, 0.2) is 24.7 Å². The van der Waals surface area contributed by atoms with Crippen molar-refractivity contribution >= 4 is 17.3 Å². The van der Waals surface area contributed by atoms with Crippen LogP contribution >= 0.6 is 11.6 Å². The lowest BCUT2D eigenvalue weighted by Crippen LogP contribution is -2.12. The van der Waals surface area contributed by atoms with Crippen LogP contribution in [0.2, 0.25) is 5.15 Å². The molecule has 0 aromatic carbocycles. The quantitative estimate of drug-likeness (QED) is 0.831. The van der Waals surface area contributed by atoms with E-state index in [0.717, 1.165) is 11.4 Å². The third kappa shape index (κ3) is 2.30. The molecule has 2 aromatic rings. The van der Waals surface area contributed by atoms with Crippen LogP contribution in [0.4, 0.5) is 5.69 Å². The van der Waals surface area contributed by atoms with Crippen LogP contribution in [0, 0.1) is 0 Å². The topological polar surface area (TPSA) is 55.6 Å². The summed E-state index contributed by atoms with van der Waals surface area (Å²) < 4.78 is 1.65.